The van der Waals surface area contributed by atoms with Gasteiger partial charge in [0.25, 0.3) is 0 Å². The second-order valence-corrected chi connectivity index (χ2v) is 7.69. The third kappa shape index (κ3) is 4.21. The van der Waals surface area contributed by atoms with Gasteiger partial charge in [-0.15, -0.1) is 5.10 Å². The van der Waals surface area contributed by atoms with Crippen LogP contribution < -0.4 is 5.73 Å². The Morgan fingerprint density at radius 2 is 1.69 bits per heavy atom. The number of rotatable bonds is 7. The van der Waals surface area contributed by atoms with Crippen molar-refractivity contribution in [2.45, 2.75) is 6.54 Å². The third-order valence-electron chi connectivity index (χ3n) is 4.90. The molecule has 0 spiro atoms. The van der Waals surface area contributed by atoms with Crippen LogP contribution in [0, 0.1) is 0 Å². The molecule has 0 aliphatic heterocycles. The van der Waals surface area contributed by atoms with Crippen molar-refractivity contribution in [1.82, 2.24) is 30.1 Å². The predicted molar refractivity (Wildman–Crippen MR) is 128 cm³/mol. The van der Waals surface area contributed by atoms with E-state index in [1.54, 1.807) is 36.8 Å². The summed E-state index contributed by atoms with van der Waals surface area (Å²) in [5, 5.41) is 12.8. The lowest BCUT2D eigenvalue weighted by Gasteiger charge is -2.14. The highest BCUT2D eigenvalue weighted by atomic mass is 35.5. The Labute approximate surface area is 195 Å². The van der Waals surface area contributed by atoms with Gasteiger partial charge in [0.05, 0.1) is 15.6 Å². The number of nitrogens with two attached hydrogens (primary N) is 1. The van der Waals surface area contributed by atoms with Gasteiger partial charge in [0, 0.05) is 18.3 Å². The minimum atomic E-state index is 0.289. The van der Waals surface area contributed by atoms with Gasteiger partial charge in [0.2, 0.25) is 0 Å². The number of nitrogen functional groups attached to an aromatic ring is 1. The number of nitrogens with zero attached hydrogens (tertiary/aromatic N) is 6. The highest BCUT2D eigenvalue weighted by molar-refractivity contribution is 6.37. The molecule has 0 aliphatic rings. The second-order valence-electron chi connectivity index (χ2n) is 6.88. The van der Waals surface area contributed by atoms with Crippen LogP contribution >= 0.6 is 23.2 Å². The molecule has 7 nitrogen and oxygen atoms in total. The van der Waals surface area contributed by atoms with Crippen molar-refractivity contribution in [2.24, 2.45) is 0 Å². The van der Waals surface area contributed by atoms with E-state index in [0.29, 0.717) is 33.7 Å². The molecule has 2 heterocycles. The van der Waals surface area contributed by atoms with Gasteiger partial charge in [-0.2, -0.15) is 4.68 Å². The van der Waals surface area contributed by atoms with Crippen molar-refractivity contribution in [3.63, 3.8) is 0 Å². The van der Waals surface area contributed by atoms with Gasteiger partial charge in [-0.1, -0.05) is 66.7 Å². The molecule has 0 amide bonds. The third-order valence-corrected chi connectivity index (χ3v) is 5.51. The summed E-state index contributed by atoms with van der Waals surface area (Å²) in [7, 11) is 0. The van der Waals surface area contributed by atoms with Gasteiger partial charge in [-0.05, 0) is 52.2 Å². The maximum Gasteiger partial charge on any atom is 0.190 e. The summed E-state index contributed by atoms with van der Waals surface area (Å²) in [6, 6.07) is 15.2. The van der Waals surface area contributed by atoms with Gasteiger partial charge in [0.15, 0.2) is 5.82 Å². The van der Waals surface area contributed by atoms with Crippen molar-refractivity contribution in [2.75, 3.05) is 5.73 Å². The number of anilines is 1. The molecule has 2 aromatic carbocycles. The Kier molecular flexibility index (Phi) is 6.20. The molecule has 9 heteroatoms. The fraction of sp³-hybridized carbons (Fsp3) is 0.0435. The SMILES string of the molecule is C=CN(C=C)Cc1ccc(-c2cnc(N)c(-c3nnnn3-c3c(Cl)cccc3Cl)c2)cc1. The predicted octanol–water partition coefficient (Wildman–Crippen LogP) is 5.37. The van der Waals surface area contributed by atoms with Crippen LogP contribution in [0.4, 0.5) is 5.82 Å². The molecular formula is C23H19Cl2N7. The summed E-state index contributed by atoms with van der Waals surface area (Å²) < 4.78 is 1.46. The molecule has 0 bridgehead atoms. The van der Waals surface area contributed by atoms with Gasteiger partial charge < -0.3 is 10.6 Å². The maximum absolute atomic E-state index is 6.36. The summed E-state index contributed by atoms with van der Waals surface area (Å²) >= 11 is 12.7. The van der Waals surface area contributed by atoms with Crippen molar-refractivity contribution >= 4 is 29.0 Å². The molecule has 0 saturated heterocycles. The lowest BCUT2D eigenvalue weighted by atomic mass is 10.0. The van der Waals surface area contributed by atoms with Crippen LogP contribution in [0.3, 0.4) is 0 Å². The summed E-state index contributed by atoms with van der Waals surface area (Å²) in [6.07, 6.45) is 5.17. The highest BCUT2D eigenvalue weighted by Gasteiger charge is 2.19. The fourth-order valence-electron chi connectivity index (χ4n) is 3.23. The minimum absolute atomic E-state index is 0.289. The average Bonchev–Trinajstić information content (AvgIpc) is 3.27. The monoisotopic (exact) mass is 463 g/mol. The van der Waals surface area contributed by atoms with Gasteiger partial charge in [-0.25, -0.2) is 4.98 Å². The van der Waals surface area contributed by atoms with Crippen LogP contribution in [-0.2, 0) is 6.54 Å². The summed E-state index contributed by atoms with van der Waals surface area (Å²) in [4.78, 5) is 6.26. The zero-order chi connectivity index (χ0) is 22.7. The van der Waals surface area contributed by atoms with Crippen LogP contribution in [0.25, 0.3) is 28.2 Å². The van der Waals surface area contributed by atoms with Crippen LogP contribution in [0.5, 0.6) is 0 Å². The van der Waals surface area contributed by atoms with E-state index in [9.17, 15) is 0 Å². The lowest BCUT2D eigenvalue weighted by molar-refractivity contribution is 0.504. The van der Waals surface area contributed by atoms with E-state index in [1.807, 2.05) is 35.2 Å². The normalized spacial score (nSPS) is 10.7. The molecule has 0 fully saturated rings. The van der Waals surface area contributed by atoms with E-state index in [0.717, 1.165) is 16.7 Å². The van der Waals surface area contributed by atoms with Gasteiger partial charge in [-0.3, -0.25) is 0 Å². The van der Waals surface area contributed by atoms with Crippen LogP contribution in [0.2, 0.25) is 10.0 Å². The first-order valence-electron chi connectivity index (χ1n) is 9.60. The zero-order valence-corrected chi connectivity index (χ0v) is 18.5. The Morgan fingerprint density at radius 3 is 2.34 bits per heavy atom. The number of hydrogen-bond donors (Lipinski definition) is 1. The number of aromatic nitrogens is 5. The van der Waals surface area contributed by atoms with Crippen molar-refractivity contribution in [3.8, 4) is 28.2 Å². The Hall–Kier alpha value is -3.68. The number of benzene rings is 2. The van der Waals surface area contributed by atoms with E-state index in [4.69, 9.17) is 28.9 Å². The summed E-state index contributed by atoms with van der Waals surface area (Å²) in [5.41, 5.74) is 10.2. The molecule has 2 aromatic heterocycles. The van der Waals surface area contributed by atoms with Crippen LogP contribution in [-0.4, -0.2) is 30.1 Å². The fourth-order valence-corrected chi connectivity index (χ4v) is 3.78. The number of tetrazole rings is 1. The largest absolute Gasteiger partial charge is 0.383 e. The first-order valence-corrected chi connectivity index (χ1v) is 10.4. The van der Waals surface area contributed by atoms with Crippen LogP contribution in [0.15, 0.2) is 80.3 Å². The topological polar surface area (TPSA) is 85.8 Å². The van der Waals surface area contributed by atoms with E-state index in [2.05, 4.69) is 33.7 Å². The molecular weight excluding hydrogens is 445 g/mol. The number of halogens is 2. The van der Waals surface area contributed by atoms with E-state index in [-0.39, 0.29) is 5.82 Å². The Balaban J connectivity index is 1.72. The van der Waals surface area contributed by atoms with Crippen molar-refractivity contribution in [3.05, 3.63) is 95.9 Å². The molecule has 0 aliphatic carbocycles. The molecule has 4 aromatic rings. The first-order chi connectivity index (χ1) is 15.5. The second kappa shape index (κ2) is 9.21. The van der Waals surface area contributed by atoms with Gasteiger partial charge >= 0.3 is 0 Å². The Bertz CT molecular complexity index is 1250. The lowest BCUT2D eigenvalue weighted by Crippen LogP contribution is -2.07. The average molecular weight is 464 g/mol. The minimum Gasteiger partial charge on any atom is -0.383 e. The molecule has 32 heavy (non-hydrogen) atoms. The van der Waals surface area contributed by atoms with Crippen molar-refractivity contribution < 1.29 is 0 Å². The Morgan fingerprint density at radius 1 is 1.00 bits per heavy atom. The van der Waals surface area contributed by atoms with E-state index < -0.39 is 0 Å². The quantitative estimate of drug-likeness (QED) is 0.396. The van der Waals surface area contributed by atoms with Crippen molar-refractivity contribution in [1.29, 1.82) is 0 Å². The maximum atomic E-state index is 6.36. The number of pyridine rings is 1. The van der Waals surface area contributed by atoms with Gasteiger partial charge in [0.1, 0.15) is 11.5 Å². The molecule has 4 rings (SSSR count). The van der Waals surface area contributed by atoms with E-state index >= 15 is 0 Å². The first kappa shape index (κ1) is 21.5. The number of para-hydroxylation sites is 1. The molecule has 160 valence electrons. The number of hydrogen-bond acceptors (Lipinski definition) is 6. The smallest absolute Gasteiger partial charge is 0.190 e. The summed E-state index contributed by atoms with van der Waals surface area (Å²) in [6.45, 7) is 8.24. The molecule has 0 unspecified atom stereocenters. The molecule has 0 saturated carbocycles. The standard InChI is InChI=1S/C23H19Cl2N7/c1-3-31(4-2)14-15-8-10-16(11-9-15)17-12-18(22(26)27-13-17)23-28-29-30-32(23)21-19(24)6-5-7-20(21)25/h3-13H,1-2,14H2,(H2,26,27). The summed E-state index contributed by atoms with van der Waals surface area (Å²) in [5.74, 6) is 0.674. The molecule has 0 atom stereocenters. The zero-order valence-electron chi connectivity index (χ0n) is 17.0. The molecule has 2 N–H and O–H groups in total. The van der Waals surface area contributed by atoms with E-state index in [1.165, 1.54) is 4.68 Å². The molecule has 0 radical (unpaired) electrons. The van der Waals surface area contributed by atoms with Crippen LogP contribution in [0.1, 0.15) is 5.56 Å². The highest BCUT2D eigenvalue weighted by Crippen LogP contribution is 2.33.